The minimum Gasteiger partial charge on any atom is -0.345 e. The lowest BCUT2D eigenvalue weighted by molar-refractivity contribution is -0.402. The maximum Gasteiger partial charge on any atom is 0.264 e. The molecule has 1 N–H and O–H groups in total. The largest absolute Gasteiger partial charge is 0.345 e. The normalized spacial score (nSPS) is 12.3. The molecule has 0 bridgehead atoms. The lowest BCUT2D eigenvalue weighted by Gasteiger charge is -2.19. The highest BCUT2D eigenvalue weighted by Gasteiger charge is 2.13. The molecule has 1 aromatic rings. The van der Waals surface area contributed by atoms with E-state index in [0.29, 0.717) is 5.03 Å². The molecular weight excluding hydrogens is 248 g/mol. The smallest absolute Gasteiger partial charge is 0.264 e. The summed E-state index contributed by atoms with van der Waals surface area (Å²) in [7, 11) is 0. The third-order valence-electron chi connectivity index (χ3n) is 2.46. The number of benzene rings is 1. The van der Waals surface area contributed by atoms with Gasteiger partial charge in [-0.15, -0.1) is 11.8 Å². The van der Waals surface area contributed by atoms with Gasteiger partial charge in [-0.25, -0.2) is 0 Å². The first-order valence-corrected chi connectivity index (χ1v) is 6.82. The molecule has 1 aromatic carbocycles. The van der Waals surface area contributed by atoms with Crippen molar-refractivity contribution in [2.75, 3.05) is 11.6 Å². The van der Waals surface area contributed by atoms with Gasteiger partial charge in [-0.3, -0.25) is 10.1 Å². The predicted octanol–water partition coefficient (Wildman–Crippen LogP) is 3.83. The van der Waals surface area contributed by atoms with Crippen LogP contribution >= 0.6 is 11.8 Å². The van der Waals surface area contributed by atoms with E-state index in [1.54, 1.807) is 6.26 Å². The van der Waals surface area contributed by atoms with E-state index in [-0.39, 0.29) is 5.41 Å². The van der Waals surface area contributed by atoms with Crippen molar-refractivity contribution in [3.63, 3.8) is 0 Å². The molecule has 0 unspecified atom stereocenters. The topological polar surface area (TPSA) is 55.2 Å². The van der Waals surface area contributed by atoms with Crippen LogP contribution in [0.15, 0.2) is 35.5 Å². The highest BCUT2D eigenvalue weighted by atomic mass is 32.2. The zero-order valence-electron chi connectivity index (χ0n) is 11.1. The SMILES string of the molecule is CSC(=C[N+](=O)[O-])Nc1ccc(C(C)(C)C)cc1. The van der Waals surface area contributed by atoms with Crippen LogP contribution in [-0.2, 0) is 5.41 Å². The second-order valence-corrected chi connectivity index (χ2v) is 5.78. The van der Waals surface area contributed by atoms with E-state index in [2.05, 4.69) is 26.1 Å². The van der Waals surface area contributed by atoms with Crippen LogP contribution in [0.3, 0.4) is 0 Å². The monoisotopic (exact) mass is 266 g/mol. The Kier molecular flexibility index (Phi) is 4.78. The fourth-order valence-electron chi connectivity index (χ4n) is 1.43. The molecule has 5 heteroatoms. The summed E-state index contributed by atoms with van der Waals surface area (Å²) in [6.45, 7) is 6.44. The molecule has 0 amide bonds. The molecule has 0 aliphatic rings. The summed E-state index contributed by atoms with van der Waals surface area (Å²) in [6.07, 6.45) is 2.77. The Morgan fingerprint density at radius 1 is 1.33 bits per heavy atom. The second kappa shape index (κ2) is 5.91. The predicted molar refractivity (Wildman–Crippen MR) is 77.4 cm³/mol. The maximum atomic E-state index is 10.4. The lowest BCUT2D eigenvalue weighted by Crippen LogP contribution is -2.10. The van der Waals surface area contributed by atoms with Gasteiger partial charge in [0, 0.05) is 5.69 Å². The van der Waals surface area contributed by atoms with Crippen molar-refractivity contribution in [2.24, 2.45) is 0 Å². The van der Waals surface area contributed by atoms with E-state index >= 15 is 0 Å². The Balaban J connectivity index is 2.84. The van der Waals surface area contributed by atoms with Gasteiger partial charge in [0.1, 0.15) is 5.03 Å². The minimum absolute atomic E-state index is 0.109. The first kappa shape index (κ1) is 14.6. The number of hydrogen-bond donors (Lipinski definition) is 1. The fourth-order valence-corrected chi connectivity index (χ4v) is 1.84. The number of nitrogens with one attached hydrogen (secondary N) is 1. The molecule has 0 radical (unpaired) electrons. The first-order valence-electron chi connectivity index (χ1n) is 5.60. The fraction of sp³-hybridized carbons (Fsp3) is 0.385. The molecule has 98 valence electrons. The van der Waals surface area contributed by atoms with Crippen molar-refractivity contribution in [3.05, 3.63) is 51.2 Å². The summed E-state index contributed by atoms with van der Waals surface area (Å²) < 4.78 is 0. The van der Waals surface area contributed by atoms with E-state index in [1.807, 2.05) is 24.3 Å². The molecule has 0 fully saturated rings. The molecule has 0 spiro atoms. The van der Waals surface area contributed by atoms with Gasteiger partial charge >= 0.3 is 0 Å². The van der Waals surface area contributed by atoms with Gasteiger partial charge in [0.2, 0.25) is 0 Å². The molecule has 0 aromatic heterocycles. The van der Waals surface area contributed by atoms with Crippen LogP contribution in [-0.4, -0.2) is 11.2 Å². The molecule has 0 saturated carbocycles. The zero-order valence-corrected chi connectivity index (χ0v) is 11.9. The molecular formula is C13H18N2O2S. The van der Waals surface area contributed by atoms with Crippen molar-refractivity contribution in [3.8, 4) is 0 Å². The summed E-state index contributed by atoms with van der Waals surface area (Å²) in [5.74, 6) is 0. The van der Waals surface area contributed by atoms with E-state index in [0.717, 1.165) is 11.9 Å². The highest BCUT2D eigenvalue weighted by Crippen LogP contribution is 2.24. The van der Waals surface area contributed by atoms with Crippen molar-refractivity contribution >= 4 is 17.4 Å². The van der Waals surface area contributed by atoms with Gasteiger partial charge in [-0.05, 0) is 29.4 Å². The average molecular weight is 266 g/mol. The summed E-state index contributed by atoms with van der Waals surface area (Å²) >= 11 is 1.31. The quantitative estimate of drug-likeness (QED) is 0.664. The Labute approximate surface area is 112 Å². The molecule has 0 atom stereocenters. The Morgan fingerprint density at radius 2 is 1.89 bits per heavy atom. The Morgan fingerprint density at radius 3 is 2.28 bits per heavy atom. The van der Waals surface area contributed by atoms with Gasteiger partial charge in [0.15, 0.2) is 0 Å². The minimum atomic E-state index is -0.456. The van der Waals surface area contributed by atoms with Gasteiger partial charge in [-0.1, -0.05) is 32.9 Å². The number of rotatable bonds is 4. The van der Waals surface area contributed by atoms with Crippen LogP contribution in [0.25, 0.3) is 0 Å². The van der Waals surface area contributed by atoms with Crippen LogP contribution in [0.2, 0.25) is 0 Å². The van der Waals surface area contributed by atoms with Gasteiger partial charge < -0.3 is 5.32 Å². The van der Waals surface area contributed by atoms with Gasteiger partial charge in [0.05, 0.1) is 4.92 Å². The number of nitrogens with zero attached hydrogens (tertiary/aromatic N) is 1. The van der Waals surface area contributed by atoms with Crippen molar-refractivity contribution in [1.29, 1.82) is 0 Å². The molecule has 0 aliphatic carbocycles. The second-order valence-electron chi connectivity index (χ2n) is 4.94. The molecule has 4 nitrogen and oxygen atoms in total. The van der Waals surface area contributed by atoms with Gasteiger partial charge in [0.25, 0.3) is 6.20 Å². The van der Waals surface area contributed by atoms with Crippen LogP contribution in [0.5, 0.6) is 0 Å². The van der Waals surface area contributed by atoms with E-state index in [9.17, 15) is 10.1 Å². The standard InChI is InChI=1S/C13H18N2O2S/c1-13(2,3)10-5-7-11(8-6-10)14-12(18-4)9-15(16)17/h5-9,14H,1-4H3. The third kappa shape index (κ3) is 4.41. The van der Waals surface area contributed by atoms with Crippen LogP contribution in [0.4, 0.5) is 5.69 Å². The van der Waals surface area contributed by atoms with Crippen LogP contribution < -0.4 is 5.32 Å². The van der Waals surface area contributed by atoms with E-state index in [4.69, 9.17) is 0 Å². The zero-order chi connectivity index (χ0) is 13.8. The van der Waals surface area contributed by atoms with E-state index < -0.39 is 4.92 Å². The first-order chi connectivity index (χ1) is 8.32. The number of thioether (sulfide) groups is 1. The maximum absolute atomic E-state index is 10.4. The van der Waals surface area contributed by atoms with Gasteiger partial charge in [-0.2, -0.15) is 0 Å². The van der Waals surface area contributed by atoms with Crippen molar-refractivity contribution in [1.82, 2.24) is 0 Å². The third-order valence-corrected chi connectivity index (χ3v) is 3.11. The van der Waals surface area contributed by atoms with Crippen molar-refractivity contribution in [2.45, 2.75) is 26.2 Å². The van der Waals surface area contributed by atoms with Crippen LogP contribution in [0.1, 0.15) is 26.3 Å². The van der Waals surface area contributed by atoms with Crippen LogP contribution in [0, 0.1) is 10.1 Å². The molecule has 0 aliphatic heterocycles. The lowest BCUT2D eigenvalue weighted by atomic mass is 9.87. The molecule has 18 heavy (non-hydrogen) atoms. The number of nitro groups is 1. The molecule has 0 saturated heterocycles. The number of anilines is 1. The highest BCUT2D eigenvalue weighted by molar-refractivity contribution is 8.02. The van der Waals surface area contributed by atoms with E-state index in [1.165, 1.54) is 17.3 Å². The summed E-state index contributed by atoms with van der Waals surface area (Å²) in [5.41, 5.74) is 2.19. The Hall–Kier alpha value is -1.49. The Bertz CT molecular complexity index is 447. The summed E-state index contributed by atoms with van der Waals surface area (Å²) in [5, 5.41) is 14.0. The molecule has 1 rings (SSSR count). The number of hydrogen-bond acceptors (Lipinski definition) is 4. The average Bonchev–Trinajstić information content (AvgIpc) is 2.27. The summed E-state index contributed by atoms with van der Waals surface area (Å²) in [4.78, 5) is 9.96. The summed E-state index contributed by atoms with van der Waals surface area (Å²) in [6, 6.07) is 7.94. The van der Waals surface area contributed by atoms with Crippen molar-refractivity contribution < 1.29 is 4.92 Å². The molecule has 0 heterocycles.